The van der Waals surface area contributed by atoms with Crippen LogP contribution < -0.4 is 5.32 Å². The van der Waals surface area contributed by atoms with E-state index in [-0.39, 0.29) is 12.5 Å². The lowest BCUT2D eigenvalue weighted by Crippen LogP contribution is -2.46. The van der Waals surface area contributed by atoms with Crippen molar-refractivity contribution >= 4 is 21.8 Å². The van der Waals surface area contributed by atoms with Crippen molar-refractivity contribution in [3.63, 3.8) is 0 Å². The molecule has 0 saturated heterocycles. The number of hydrogen-bond donors (Lipinski definition) is 2. The average molecular weight is 273 g/mol. The Bertz CT molecular complexity index is 366. The zero-order valence-corrected chi connectivity index (χ0v) is 10.2. The van der Waals surface area contributed by atoms with Gasteiger partial charge in [0.15, 0.2) is 0 Å². The highest BCUT2D eigenvalue weighted by Gasteiger charge is 2.21. The van der Waals surface area contributed by atoms with Gasteiger partial charge in [0.2, 0.25) is 0 Å². The Kier molecular flexibility index (Phi) is 3.82. The molecule has 1 aromatic heterocycles. The zero-order chi connectivity index (χ0) is 11.5. The van der Waals surface area contributed by atoms with Gasteiger partial charge in [-0.05, 0) is 41.9 Å². The summed E-state index contributed by atoms with van der Waals surface area (Å²) in [5.41, 5.74) is -0.326. The molecule has 82 valence electrons. The molecule has 1 amide bonds. The number of rotatable bonds is 3. The van der Waals surface area contributed by atoms with Gasteiger partial charge >= 0.3 is 0 Å². The third-order valence-electron chi connectivity index (χ3n) is 1.82. The fourth-order valence-electron chi connectivity index (χ4n) is 0.959. The first-order chi connectivity index (χ1) is 6.96. The molecule has 0 aromatic carbocycles. The molecule has 0 radical (unpaired) electrons. The molecule has 0 aliphatic rings. The van der Waals surface area contributed by atoms with Crippen LogP contribution in [-0.4, -0.2) is 28.1 Å². The highest BCUT2D eigenvalue weighted by Crippen LogP contribution is 2.14. The summed E-state index contributed by atoms with van der Waals surface area (Å²) < 4.78 is 0.635. The van der Waals surface area contributed by atoms with Crippen LogP contribution in [0.1, 0.15) is 24.3 Å². The standard InChI is InChI=1S/C10H13BrN2O2/c1-10(2,6-14)13-9(15)8-7(11)4-3-5-12-8/h3-5,14H,6H2,1-2H3,(H,13,15). The van der Waals surface area contributed by atoms with E-state index < -0.39 is 5.54 Å². The van der Waals surface area contributed by atoms with E-state index in [1.807, 2.05) is 0 Å². The first-order valence-corrected chi connectivity index (χ1v) is 5.29. The third kappa shape index (κ3) is 3.28. The Morgan fingerprint density at radius 1 is 1.67 bits per heavy atom. The third-order valence-corrected chi connectivity index (χ3v) is 2.46. The largest absolute Gasteiger partial charge is 0.394 e. The normalized spacial score (nSPS) is 11.2. The van der Waals surface area contributed by atoms with Crippen LogP contribution in [0.2, 0.25) is 0 Å². The van der Waals surface area contributed by atoms with Crippen LogP contribution in [0, 0.1) is 0 Å². The van der Waals surface area contributed by atoms with Gasteiger partial charge in [0.05, 0.1) is 12.1 Å². The molecule has 5 heteroatoms. The van der Waals surface area contributed by atoms with Crippen molar-refractivity contribution in [3.8, 4) is 0 Å². The first-order valence-electron chi connectivity index (χ1n) is 4.50. The number of amides is 1. The summed E-state index contributed by atoms with van der Waals surface area (Å²) in [6, 6.07) is 3.48. The second-order valence-electron chi connectivity index (χ2n) is 3.83. The monoisotopic (exact) mass is 272 g/mol. The molecular weight excluding hydrogens is 260 g/mol. The maximum Gasteiger partial charge on any atom is 0.271 e. The first kappa shape index (κ1) is 12.1. The summed E-state index contributed by atoms with van der Waals surface area (Å²) in [5.74, 6) is -0.304. The van der Waals surface area contributed by atoms with E-state index in [2.05, 4.69) is 26.2 Å². The molecule has 0 aliphatic carbocycles. The molecule has 0 atom stereocenters. The number of nitrogens with one attached hydrogen (secondary N) is 1. The van der Waals surface area contributed by atoms with E-state index in [9.17, 15) is 4.79 Å². The smallest absolute Gasteiger partial charge is 0.271 e. The molecule has 0 spiro atoms. The summed E-state index contributed by atoms with van der Waals surface area (Å²) in [4.78, 5) is 15.7. The molecule has 4 nitrogen and oxygen atoms in total. The lowest BCUT2D eigenvalue weighted by Gasteiger charge is -2.23. The molecule has 1 heterocycles. The van der Waals surface area contributed by atoms with Crippen molar-refractivity contribution in [1.82, 2.24) is 10.3 Å². The van der Waals surface area contributed by atoms with Gasteiger partial charge in [0.1, 0.15) is 5.69 Å². The Hall–Kier alpha value is -0.940. The minimum absolute atomic E-state index is 0.122. The van der Waals surface area contributed by atoms with Gasteiger partial charge in [-0.25, -0.2) is 4.98 Å². The van der Waals surface area contributed by atoms with Crippen molar-refractivity contribution in [1.29, 1.82) is 0 Å². The van der Waals surface area contributed by atoms with Gasteiger partial charge in [-0.3, -0.25) is 4.79 Å². The summed E-state index contributed by atoms with van der Waals surface area (Å²) in [6.07, 6.45) is 1.55. The van der Waals surface area contributed by atoms with Crippen molar-refractivity contribution in [3.05, 3.63) is 28.5 Å². The summed E-state index contributed by atoms with van der Waals surface area (Å²) in [5, 5.41) is 11.7. The molecule has 2 N–H and O–H groups in total. The van der Waals surface area contributed by atoms with Crippen molar-refractivity contribution in [2.24, 2.45) is 0 Å². The van der Waals surface area contributed by atoms with Crippen molar-refractivity contribution in [2.75, 3.05) is 6.61 Å². The van der Waals surface area contributed by atoms with Gasteiger partial charge in [0.25, 0.3) is 5.91 Å². The Labute approximate surface area is 96.8 Å². The minimum Gasteiger partial charge on any atom is -0.394 e. The number of pyridine rings is 1. The van der Waals surface area contributed by atoms with E-state index in [0.717, 1.165) is 0 Å². The van der Waals surface area contributed by atoms with Gasteiger partial charge in [-0.1, -0.05) is 0 Å². The molecule has 1 rings (SSSR count). The van der Waals surface area contributed by atoms with Gasteiger partial charge in [-0.15, -0.1) is 0 Å². The molecule has 0 bridgehead atoms. The van der Waals surface area contributed by atoms with E-state index in [1.165, 1.54) is 0 Å². The zero-order valence-electron chi connectivity index (χ0n) is 8.62. The van der Waals surface area contributed by atoms with Crippen molar-refractivity contribution in [2.45, 2.75) is 19.4 Å². The number of nitrogens with zero attached hydrogens (tertiary/aromatic N) is 1. The number of carbonyl (C=O) groups is 1. The molecule has 0 fully saturated rings. The summed E-state index contributed by atoms with van der Waals surface area (Å²) in [6.45, 7) is 3.35. The quantitative estimate of drug-likeness (QED) is 0.873. The van der Waals surface area contributed by atoms with Crippen LogP contribution in [0.5, 0.6) is 0 Å². The number of carbonyl (C=O) groups excluding carboxylic acids is 1. The van der Waals surface area contributed by atoms with Gasteiger partial charge in [0, 0.05) is 10.7 Å². The van der Waals surface area contributed by atoms with Crippen LogP contribution in [0.15, 0.2) is 22.8 Å². The predicted octanol–water partition coefficient (Wildman–Crippen LogP) is 1.34. The van der Waals surface area contributed by atoms with Crippen LogP contribution >= 0.6 is 15.9 Å². The molecule has 1 aromatic rings. The SMILES string of the molecule is CC(C)(CO)NC(=O)c1ncccc1Br. The van der Waals surface area contributed by atoms with E-state index in [0.29, 0.717) is 10.2 Å². The van der Waals surface area contributed by atoms with Crippen molar-refractivity contribution < 1.29 is 9.90 Å². The maximum absolute atomic E-state index is 11.7. The Morgan fingerprint density at radius 3 is 2.87 bits per heavy atom. The molecule has 15 heavy (non-hydrogen) atoms. The van der Waals surface area contributed by atoms with Gasteiger partial charge in [-0.2, -0.15) is 0 Å². The highest BCUT2D eigenvalue weighted by molar-refractivity contribution is 9.10. The second-order valence-corrected chi connectivity index (χ2v) is 4.68. The lowest BCUT2D eigenvalue weighted by atomic mass is 10.1. The minimum atomic E-state index is -0.645. The fraction of sp³-hybridized carbons (Fsp3) is 0.400. The molecule has 0 aliphatic heterocycles. The van der Waals surface area contributed by atoms with Crippen LogP contribution in [0.3, 0.4) is 0 Å². The predicted molar refractivity (Wildman–Crippen MR) is 60.6 cm³/mol. The lowest BCUT2D eigenvalue weighted by molar-refractivity contribution is 0.0863. The second kappa shape index (κ2) is 4.72. The maximum atomic E-state index is 11.7. The van der Waals surface area contributed by atoms with E-state index >= 15 is 0 Å². The highest BCUT2D eigenvalue weighted by atomic mass is 79.9. The molecule has 0 unspecified atom stereocenters. The van der Waals surface area contributed by atoms with Crippen LogP contribution in [-0.2, 0) is 0 Å². The average Bonchev–Trinajstić information content (AvgIpc) is 2.17. The Morgan fingerprint density at radius 2 is 2.33 bits per heavy atom. The van der Waals surface area contributed by atoms with E-state index in [1.54, 1.807) is 32.2 Å². The van der Waals surface area contributed by atoms with Gasteiger partial charge < -0.3 is 10.4 Å². The van der Waals surface area contributed by atoms with Crippen LogP contribution in [0.4, 0.5) is 0 Å². The fourth-order valence-corrected chi connectivity index (χ4v) is 1.39. The Balaban J connectivity index is 2.83. The number of hydrogen-bond acceptors (Lipinski definition) is 3. The number of aliphatic hydroxyl groups excluding tert-OH is 1. The number of halogens is 1. The summed E-state index contributed by atoms with van der Waals surface area (Å²) >= 11 is 3.24. The topological polar surface area (TPSA) is 62.2 Å². The van der Waals surface area contributed by atoms with E-state index in [4.69, 9.17) is 5.11 Å². The molecule has 0 saturated carbocycles. The van der Waals surface area contributed by atoms with Crippen LogP contribution in [0.25, 0.3) is 0 Å². The molecular formula is C10H13BrN2O2. The summed E-state index contributed by atoms with van der Waals surface area (Å²) in [7, 11) is 0. The number of aliphatic hydroxyl groups is 1. The number of aromatic nitrogens is 1.